The van der Waals surface area contributed by atoms with Crippen LogP contribution in [0.4, 0.5) is 0 Å². The molecular formula is C11H18O. The predicted octanol–water partition coefficient (Wildman–Crippen LogP) is 3.26. The van der Waals surface area contributed by atoms with Crippen molar-refractivity contribution in [1.82, 2.24) is 0 Å². The summed E-state index contributed by atoms with van der Waals surface area (Å²) in [5.41, 5.74) is 3.72. The van der Waals surface area contributed by atoms with Crippen LogP contribution in [0, 0.1) is 20.8 Å². The molecule has 68 valence electrons. The van der Waals surface area contributed by atoms with E-state index in [-0.39, 0.29) is 7.43 Å². The number of methoxy groups -OCH3 is 1. The SMILES string of the molecule is C.COc1c(C)cc(C)cc1C. The van der Waals surface area contributed by atoms with Gasteiger partial charge in [-0.05, 0) is 31.9 Å². The summed E-state index contributed by atoms with van der Waals surface area (Å²) in [6.07, 6.45) is 0. The molecule has 1 aromatic carbocycles. The van der Waals surface area contributed by atoms with Gasteiger partial charge in [0.2, 0.25) is 0 Å². The van der Waals surface area contributed by atoms with Gasteiger partial charge in [-0.15, -0.1) is 0 Å². The van der Waals surface area contributed by atoms with Gasteiger partial charge >= 0.3 is 0 Å². The molecule has 0 atom stereocenters. The highest BCUT2D eigenvalue weighted by Gasteiger charge is 2.01. The Bertz CT molecular complexity index is 241. The van der Waals surface area contributed by atoms with Gasteiger partial charge in [-0.3, -0.25) is 0 Å². The van der Waals surface area contributed by atoms with Crippen molar-refractivity contribution in [2.75, 3.05) is 7.11 Å². The molecule has 1 heteroatoms. The molecule has 0 radical (unpaired) electrons. The predicted molar refractivity (Wildman–Crippen MR) is 53.9 cm³/mol. The minimum atomic E-state index is 0. The number of aryl methyl sites for hydroxylation is 3. The lowest BCUT2D eigenvalue weighted by molar-refractivity contribution is 0.408. The number of hydrogen-bond acceptors (Lipinski definition) is 1. The topological polar surface area (TPSA) is 9.23 Å². The van der Waals surface area contributed by atoms with E-state index in [2.05, 4.69) is 32.9 Å². The standard InChI is InChI=1S/C10H14O.CH4/c1-7-5-8(2)10(11-4)9(3)6-7;/h5-6H,1-4H3;1H4. The van der Waals surface area contributed by atoms with Gasteiger partial charge < -0.3 is 4.74 Å². The van der Waals surface area contributed by atoms with E-state index >= 15 is 0 Å². The molecule has 0 aliphatic rings. The second-order valence-corrected chi connectivity index (χ2v) is 2.93. The minimum absolute atomic E-state index is 0. The average molecular weight is 166 g/mol. The monoisotopic (exact) mass is 166 g/mol. The van der Waals surface area contributed by atoms with E-state index in [1.807, 2.05) is 0 Å². The van der Waals surface area contributed by atoms with Gasteiger partial charge in [0.25, 0.3) is 0 Å². The molecule has 0 amide bonds. The van der Waals surface area contributed by atoms with Crippen LogP contribution in [-0.2, 0) is 0 Å². The van der Waals surface area contributed by atoms with Crippen molar-refractivity contribution >= 4 is 0 Å². The lowest BCUT2D eigenvalue weighted by atomic mass is 10.1. The molecule has 0 N–H and O–H groups in total. The van der Waals surface area contributed by atoms with Crippen LogP contribution in [0.2, 0.25) is 0 Å². The highest BCUT2D eigenvalue weighted by Crippen LogP contribution is 2.23. The molecule has 0 saturated carbocycles. The zero-order chi connectivity index (χ0) is 8.43. The van der Waals surface area contributed by atoms with Crippen molar-refractivity contribution in [3.05, 3.63) is 28.8 Å². The van der Waals surface area contributed by atoms with Crippen LogP contribution < -0.4 is 4.74 Å². The molecule has 0 unspecified atom stereocenters. The maximum absolute atomic E-state index is 5.23. The molecule has 0 heterocycles. The molecule has 1 aromatic rings. The third-order valence-corrected chi connectivity index (χ3v) is 1.81. The Hall–Kier alpha value is -0.980. The van der Waals surface area contributed by atoms with Crippen LogP contribution in [0.15, 0.2) is 12.1 Å². The Labute approximate surface area is 75.4 Å². The smallest absolute Gasteiger partial charge is 0.124 e. The van der Waals surface area contributed by atoms with E-state index < -0.39 is 0 Å². The van der Waals surface area contributed by atoms with Gasteiger partial charge in [0, 0.05) is 0 Å². The molecule has 12 heavy (non-hydrogen) atoms. The van der Waals surface area contributed by atoms with Gasteiger partial charge in [-0.1, -0.05) is 25.1 Å². The summed E-state index contributed by atoms with van der Waals surface area (Å²) in [6, 6.07) is 4.26. The number of rotatable bonds is 1. The van der Waals surface area contributed by atoms with E-state index in [0.717, 1.165) is 5.75 Å². The molecule has 1 rings (SSSR count). The van der Waals surface area contributed by atoms with Crippen molar-refractivity contribution < 1.29 is 4.74 Å². The minimum Gasteiger partial charge on any atom is -0.496 e. The maximum atomic E-state index is 5.23. The van der Waals surface area contributed by atoms with E-state index in [1.54, 1.807) is 7.11 Å². The van der Waals surface area contributed by atoms with E-state index in [0.29, 0.717) is 0 Å². The van der Waals surface area contributed by atoms with Gasteiger partial charge in [0.1, 0.15) is 5.75 Å². The summed E-state index contributed by atoms with van der Waals surface area (Å²) in [5, 5.41) is 0. The highest BCUT2D eigenvalue weighted by atomic mass is 16.5. The number of ether oxygens (including phenoxy) is 1. The molecule has 0 aromatic heterocycles. The summed E-state index contributed by atoms with van der Waals surface area (Å²) in [5.74, 6) is 1.01. The Morgan fingerprint density at radius 2 is 1.42 bits per heavy atom. The van der Waals surface area contributed by atoms with Crippen LogP contribution in [0.5, 0.6) is 5.75 Å². The quantitative estimate of drug-likeness (QED) is 0.622. The lowest BCUT2D eigenvalue weighted by Crippen LogP contribution is -1.91. The van der Waals surface area contributed by atoms with E-state index in [1.165, 1.54) is 16.7 Å². The Morgan fingerprint density at radius 1 is 1.00 bits per heavy atom. The van der Waals surface area contributed by atoms with E-state index in [4.69, 9.17) is 4.74 Å². The van der Waals surface area contributed by atoms with Crippen molar-refractivity contribution in [2.24, 2.45) is 0 Å². The average Bonchev–Trinajstić information content (AvgIpc) is 1.85. The van der Waals surface area contributed by atoms with Crippen molar-refractivity contribution in [1.29, 1.82) is 0 Å². The first-order chi connectivity index (χ1) is 5.15. The molecule has 0 aliphatic heterocycles. The van der Waals surface area contributed by atoms with Gasteiger partial charge in [0.15, 0.2) is 0 Å². The first-order valence-electron chi connectivity index (χ1n) is 3.77. The third-order valence-electron chi connectivity index (χ3n) is 1.81. The molecule has 0 spiro atoms. The zero-order valence-electron chi connectivity index (χ0n) is 7.56. The Morgan fingerprint density at radius 3 is 1.75 bits per heavy atom. The molecule has 1 nitrogen and oxygen atoms in total. The largest absolute Gasteiger partial charge is 0.496 e. The summed E-state index contributed by atoms with van der Waals surface area (Å²) in [7, 11) is 1.71. The number of benzene rings is 1. The maximum Gasteiger partial charge on any atom is 0.124 e. The fourth-order valence-corrected chi connectivity index (χ4v) is 1.49. The van der Waals surface area contributed by atoms with Gasteiger partial charge in [-0.25, -0.2) is 0 Å². The van der Waals surface area contributed by atoms with E-state index in [9.17, 15) is 0 Å². The molecule has 0 bridgehead atoms. The van der Waals surface area contributed by atoms with Crippen molar-refractivity contribution in [3.8, 4) is 5.75 Å². The third kappa shape index (κ3) is 2.00. The highest BCUT2D eigenvalue weighted by molar-refractivity contribution is 5.42. The molecule has 0 aliphatic carbocycles. The normalized spacial score (nSPS) is 9.00. The fraction of sp³-hybridized carbons (Fsp3) is 0.455. The van der Waals surface area contributed by atoms with Crippen molar-refractivity contribution in [2.45, 2.75) is 28.2 Å². The second-order valence-electron chi connectivity index (χ2n) is 2.93. The molecule has 0 saturated heterocycles. The summed E-state index contributed by atoms with van der Waals surface area (Å²) in [4.78, 5) is 0. The van der Waals surface area contributed by atoms with Crippen LogP contribution in [0.1, 0.15) is 24.1 Å². The first-order valence-corrected chi connectivity index (χ1v) is 3.77. The summed E-state index contributed by atoms with van der Waals surface area (Å²) < 4.78 is 5.23. The summed E-state index contributed by atoms with van der Waals surface area (Å²) in [6.45, 7) is 6.23. The molecule has 0 fully saturated rings. The zero-order valence-corrected chi connectivity index (χ0v) is 7.56. The van der Waals surface area contributed by atoms with Crippen LogP contribution in [0.3, 0.4) is 0 Å². The van der Waals surface area contributed by atoms with Gasteiger partial charge in [0.05, 0.1) is 7.11 Å². The van der Waals surface area contributed by atoms with Crippen molar-refractivity contribution in [3.63, 3.8) is 0 Å². The second kappa shape index (κ2) is 4.15. The summed E-state index contributed by atoms with van der Waals surface area (Å²) >= 11 is 0. The Kier molecular flexibility index (Phi) is 3.81. The molecular weight excluding hydrogens is 148 g/mol. The van der Waals surface area contributed by atoms with Crippen LogP contribution in [-0.4, -0.2) is 7.11 Å². The number of hydrogen-bond donors (Lipinski definition) is 0. The lowest BCUT2D eigenvalue weighted by Gasteiger charge is -2.08. The van der Waals surface area contributed by atoms with Crippen LogP contribution >= 0.6 is 0 Å². The fourth-order valence-electron chi connectivity index (χ4n) is 1.49. The Balaban J connectivity index is 0.00000121. The van der Waals surface area contributed by atoms with Crippen LogP contribution in [0.25, 0.3) is 0 Å². The van der Waals surface area contributed by atoms with Gasteiger partial charge in [-0.2, -0.15) is 0 Å². The first kappa shape index (κ1) is 11.0.